The molecule has 2 aromatic rings. The molecule has 0 fully saturated rings. The molecule has 0 amide bonds. The van der Waals surface area contributed by atoms with Crippen molar-refractivity contribution in [1.29, 1.82) is 0 Å². The lowest BCUT2D eigenvalue weighted by Gasteiger charge is -2.12. The maximum Gasteiger partial charge on any atom is 0.185 e. The normalized spacial score (nSPS) is 10.7. The molecule has 0 bridgehead atoms. The molecule has 4 nitrogen and oxygen atoms in total. The number of hydrogen-bond donors (Lipinski definition) is 0. The zero-order valence-electron chi connectivity index (χ0n) is 14.7. The van der Waals surface area contributed by atoms with Gasteiger partial charge in [0.1, 0.15) is 5.75 Å². The topological polar surface area (TPSA) is 44.8 Å². The van der Waals surface area contributed by atoms with E-state index in [1.54, 1.807) is 39.5 Å². The van der Waals surface area contributed by atoms with Crippen LogP contribution in [0.1, 0.15) is 27.0 Å². The lowest BCUT2D eigenvalue weighted by atomic mass is 10.0. The third kappa shape index (κ3) is 3.77. The van der Waals surface area contributed by atoms with Crippen molar-refractivity contribution in [2.24, 2.45) is 0 Å². The highest BCUT2D eigenvalue weighted by Crippen LogP contribution is 2.36. The summed E-state index contributed by atoms with van der Waals surface area (Å²) < 4.78 is 16.0. The fourth-order valence-electron chi connectivity index (χ4n) is 2.37. The summed E-state index contributed by atoms with van der Waals surface area (Å²) in [4.78, 5) is 12.4. The first-order chi connectivity index (χ1) is 11.5. The molecular weight excluding hydrogens is 304 g/mol. The maximum absolute atomic E-state index is 12.4. The Morgan fingerprint density at radius 2 is 1.67 bits per heavy atom. The van der Waals surface area contributed by atoms with E-state index in [1.165, 1.54) is 6.08 Å². The van der Waals surface area contributed by atoms with Crippen LogP contribution in [-0.4, -0.2) is 27.1 Å². The average Bonchev–Trinajstić information content (AvgIpc) is 2.60. The summed E-state index contributed by atoms with van der Waals surface area (Å²) in [7, 11) is 4.70. The minimum Gasteiger partial charge on any atom is -0.497 e. The molecule has 0 heterocycles. The van der Waals surface area contributed by atoms with E-state index in [9.17, 15) is 4.79 Å². The number of rotatable bonds is 6. The number of ether oxygens (including phenoxy) is 3. The van der Waals surface area contributed by atoms with Gasteiger partial charge in [-0.05, 0) is 49.3 Å². The zero-order valence-corrected chi connectivity index (χ0v) is 14.7. The van der Waals surface area contributed by atoms with Gasteiger partial charge in [0.05, 0.1) is 21.3 Å². The van der Waals surface area contributed by atoms with Crippen LogP contribution in [0.25, 0.3) is 6.08 Å². The highest BCUT2D eigenvalue weighted by atomic mass is 16.5. The number of methoxy groups -OCH3 is 3. The van der Waals surface area contributed by atoms with E-state index in [1.807, 2.05) is 32.0 Å². The zero-order chi connectivity index (χ0) is 17.7. The van der Waals surface area contributed by atoms with Gasteiger partial charge in [-0.15, -0.1) is 0 Å². The van der Waals surface area contributed by atoms with E-state index in [4.69, 9.17) is 14.2 Å². The van der Waals surface area contributed by atoms with Gasteiger partial charge in [-0.1, -0.05) is 12.1 Å². The number of carbonyl (C=O) groups is 1. The van der Waals surface area contributed by atoms with E-state index >= 15 is 0 Å². The monoisotopic (exact) mass is 326 g/mol. The molecule has 0 radical (unpaired) electrons. The summed E-state index contributed by atoms with van der Waals surface area (Å²) in [6.45, 7) is 4.01. The van der Waals surface area contributed by atoms with Crippen molar-refractivity contribution in [3.8, 4) is 17.2 Å². The van der Waals surface area contributed by atoms with Gasteiger partial charge in [0, 0.05) is 17.2 Å². The molecule has 0 unspecified atom stereocenters. The molecular formula is C20H22O4. The lowest BCUT2D eigenvalue weighted by molar-refractivity contribution is 0.104. The molecule has 0 aliphatic carbocycles. The van der Waals surface area contributed by atoms with Crippen molar-refractivity contribution in [2.75, 3.05) is 21.3 Å². The molecule has 0 atom stereocenters. The van der Waals surface area contributed by atoms with Crippen LogP contribution in [0.4, 0.5) is 0 Å². The molecule has 4 heteroatoms. The second-order valence-electron chi connectivity index (χ2n) is 5.45. The van der Waals surface area contributed by atoms with E-state index in [2.05, 4.69) is 0 Å². The van der Waals surface area contributed by atoms with Crippen LogP contribution in [-0.2, 0) is 0 Å². The maximum atomic E-state index is 12.4. The predicted molar refractivity (Wildman–Crippen MR) is 95.4 cm³/mol. The van der Waals surface area contributed by atoms with Crippen molar-refractivity contribution in [3.63, 3.8) is 0 Å². The van der Waals surface area contributed by atoms with Crippen LogP contribution in [0, 0.1) is 13.8 Å². The van der Waals surface area contributed by atoms with Crippen LogP contribution < -0.4 is 14.2 Å². The summed E-state index contributed by atoms with van der Waals surface area (Å²) in [6.07, 6.45) is 3.24. The average molecular weight is 326 g/mol. The highest BCUT2D eigenvalue weighted by Gasteiger charge is 2.12. The van der Waals surface area contributed by atoms with Gasteiger partial charge in [0.2, 0.25) is 0 Å². The first-order valence-electron chi connectivity index (χ1n) is 7.59. The van der Waals surface area contributed by atoms with Gasteiger partial charge < -0.3 is 14.2 Å². The fraction of sp³-hybridized carbons (Fsp3) is 0.250. The Kier molecular flexibility index (Phi) is 5.64. The Balaban J connectivity index is 2.36. The Labute approximate surface area is 142 Å². The van der Waals surface area contributed by atoms with E-state index in [0.29, 0.717) is 28.4 Å². The molecule has 0 aliphatic heterocycles. The fourth-order valence-corrected chi connectivity index (χ4v) is 2.37. The first kappa shape index (κ1) is 17.6. The predicted octanol–water partition coefficient (Wildman–Crippen LogP) is 4.23. The molecule has 0 N–H and O–H groups in total. The Bertz CT molecular complexity index is 775. The molecule has 2 rings (SSSR count). The number of allylic oxidation sites excluding steroid dienone is 1. The van der Waals surface area contributed by atoms with Gasteiger partial charge in [0.15, 0.2) is 17.3 Å². The lowest BCUT2D eigenvalue weighted by Crippen LogP contribution is -1.97. The van der Waals surface area contributed by atoms with Gasteiger partial charge in [-0.3, -0.25) is 4.79 Å². The van der Waals surface area contributed by atoms with Gasteiger partial charge >= 0.3 is 0 Å². The van der Waals surface area contributed by atoms with Gasteiger partial charge in [-0.2, -0.15) is 0 Å². The number of carbonyl (C=O) groups excluding carboxylic acids is 1. The first-order valence-corrected chi connectivity index (χ1v) is 7.59. The molecule has 0 aromatic heterocycles. The van der Waals surface area contributed by atoms with Crippen molar-refractivity contribution < 1.29 is 19.0 Å². The summed E-state index contributed by atoms with van der Waals surface area (Å²) in [5.41, 5.74) is 3.62. The van der Waals surface area contributed by atoms with E-state index < -0.39 is 0 Å². The van der Waals surface area contributed by atoms with E-state index in [-0.39, 0.29) is 5.78 Å². The molecule has 2 aromatic carbocycles. The Morgan fingerprint density at radius 3 is 2.25 bits per heavy atom. The summed E-state index contributed by atoms with van der Waals surface area (Å²) in [5.74, 6) is 1.67. The molecule has 0 spiro atoms. The van der Waals surface area contributed by atoms with Crippen molar-refractivity contribution in [1.82, 2.24) is 0 Å². The second-order valence-corrected chi connectivity index (χ2v) is 5.45. The molecule has 126 valence electrons. The largest absolute Gasteiger partial charge is 0.497 e. The van der Waals surface area contributed by atoms with Crippen LogP contribution in [0.5, 0.6) is 17.2 Å². The SMILES string of the molecule is COc1cc(C=CC(=O)c2ccc(C)c(C)c2)c(OC)c(OC)c1. The number of hydrogen-bond acceptors (Lipinski definition) is 4. The number of benzene rings is 2. The van der Waals surface area contributed by atoms with Crippen molar-refractivity contribution in [2.45, 2.75) is 13.8 Å². The van der Waals surface area contributed by atoms with Crippen molar-refractivity contribution in [3.05, 3.63) is 58.7 Å². The van der Waals surface area contributed by atoms with E-state index in [0.717, 1.165) is 11.1 Å². The van der Waals surface area contributed by atoms with Gasteiger partial charge in [0.25, 0.3) is 0 Å². The Hall–Kier alpha value is -2.75. The molecule has 0 aliphatic rings. The molecule has 0 saturated carbocycles. The molecule has 0 saturated heterocycles. The summed E-state index contributed by atoms with van der Waals surface area (Å²) in [6, 6.07) is 9.21. The number of aryl methyl sites for hydroxylation is 2. The molecule has 24 heavy (non-hydrogen) atoms. The highest BCUT2D eigenvalue weighted by molar-refractivity contribution is 6.07. The van der Waals surface area contributed by atoms with Gasteiger partial charge in [-0.25, -0.2) is 0 Å². The minimum atomic E-state index is -0.0676. The van der Waals surface area contributed by atoms with Crippen LogP contribution in [0.2, 0.25) is 0 Å². The van der Waals surface area contributed by atoms with Crippen LogP contribution >= 0.6 is 0 Å². The third-order valence-corrected chi connectivity index (χ3v) is 3.92. The standard InChI is InChI=1S/C20H22O4/c1-13-6-7-15(10-14(13)2)18(21)9-8-16-11-17(22-3)12-19(23-4)20(16)24-5/h6-12H,1-5H3. The quantitative estimate of drug-likeness (QED) is 0.589. The minimum absolute atomic E-state index is 0.0676. The third-order valence-electron chi connectivity index (χ3n) is 3.92. The Morgan fingerprint density at radius 1 is 0.917 bits per heavy atom. The summed E-state index contributed by atoms with van der Waals surface area (Å²) >= 11 is 0. The van der Waals surface area contributed by atoms with Crippen LogP contribution in [0.15, 0.2) is 36.4 Å². The van der Waals surface area contributed by atoms with Crippen LogP contribution in [0.3, 0.4) is 0 Å². The summed E-state index contributed by atoms with van der Waals surface area (Å²) in [5, 5.41) is 0. The second kappa shape index (κ2) is 7.68. The van der Waals surface area contributed by atoms with Crippen molar-refractivity contribution >= 4 is 11.9 Å². The number of ketones is 1. The smallest absolute Gasteiger partial charge is 0.185 e.